The molecular weight excluding hydrogens is 224 g/mol. The average molecular weight is 248 g/mol. The minimum atomic E-state index is -0.654. The molecular formula is C16H24O2. The van der Waals surface area contributed by atoms with E-state index in [1.165, 1.54) is 6.42 Å². The number of ether oxygens (including phenoxy) is 1. The van der Waals surface area contributed by atoms with Crippen molar-refractivity contribution in [3.05, 3.63) is 29.8 Å². The van der Waals surface area contributed by atoms with Crippen LogP contribution in [0.3, 0.4) is 0 Å². The van der Waals surface area contributed by atoms with Crippen molar-refractivity contribution in [1.82, 2.24) is 0 Å². The lowest BCUT2D eigenvalue weighted by Crippen LogP contribution is -2.40. The van der Waals surface area contributed by atoms with Gasteiger partial charge in [-0.1, -0.05) is 38.8 Å². The summed E-state index contributed by atoms with van der Waals surface area (Å²) in [5.41, 5.74) is 0.389. The van der Waals surface area contributed by atoms with Gasteiger partial charge in [-0.3, -0.25) is 0 Å². The highest BCUT2D eigenvalue weighted by Gasteiger charge is 2.41. The van der Waals surface area contributed by atoms with Crippen LogP contribution in [0.5, 0.6) is 5.75 Å². The molecule has 18 heavy (non-hydrogen) atoms. The van der Waals surface area contributed by atoms with Crippen LogP contribution in [0.2, 0.25) is 0 Å². The summed E-state index contributed by atoms with van der Waals surface area (Å²) in [5, 5.41) is 11.1. The van der Waals surface area contributed by atoms with Gasteiger partial charge in [-0.25, -0.2) is 0 Å². The SMILES string of the molecule is COc1ccc(C2(O)CCCCC2C(C)C)cc1. The number of aliphatic hydroxyl groups is 1. The normalized spacial score (nSPS) is 28.4. The molecule has 0 aliphatic heterocycles. The van der Waals surface area contributed by atoms with E-state index in [9.17, 15) is 5.11 Å². The van der Waals surface area contributed by atoms with E-state index < -0.39 is 5.60 Å². The largest absolute Gasteiger partial charge is 0.497 e. The van der Waals surface area contributed by atoms with E-state index in [0.29, 0.717) is 11.8 Å². The van der Waals surface area contributed by atoms with Crippen LogP contribution >= 0.6 is 0 Å². The Morgan fingerprint density at radius 1 is 1.22 bits per heavy atom. The van der Waals surface area contributed by atoms with E-state index in [4.69, 9.17) is 4.74 Å². The standard InChI is InChI=1S/C16H24O2/c1-12(2)15-6-4-5-11-16(15,17)13-7-9-14(18-3)10-8-13/h7-10,12,15,17H,4-6,11H2,1-3H3. The first-order valence-corrected chi connectivity index (χ1v) is 6.95. The van der Waals surface area contributed by atoms with Gasteiger partial charge in [0.1, 0.15) is 5.75 Å². The number of rotatable bonds is 3. The van der Waals surface area contributed by atoms with Crippen LogP contribution in [-0.4, -0.2) is 12.2 Å². The van der Waals surface area contributed by atoms with E-state index in [0.717, 1.165) is 30.6 Å². The van der Waals surface area contributed by atoms with Crippen LogP contribution in [0, 0.1) is 11.8 Å². The first-order valence-electron chi connectivity index (χ1n) is 6.95. The van der Waals surface area contributed by atoms with Gasteiger partial charge < -0.3 is 9.84 Å². The highest BCUT2D eigenvalue weighted by Crippen LogP contribution is 2.45. The van der Waals surface area contributed by atoms with Crippen LogP contribution in [0.15, 0.2) is 24.3 Å². The molecule has 1 aromatic carbocycles. The molecule has 2 nitrogen and oxygen atoms in total. The summed E-state index contributed by atoms with van der Waals surface area (Å²) < 4.78 is 5.18. The van der Waals surface area contributed by atoms with Crippen molar-refractivity contribution in [2.45, 2.75) is 45.1 Å². The van der Waals surface area contributed by atoms with Crippen molar-refractivity contribution in [2.24, 2.45) is 11.8 Å². The molecule has 2 heteroatoms. The van der Waals surface area contributed by atoms with Crippen molar-refractivity contribution >= 4 is 0 Å². The maximum atomic E-state index is 11.1. The molecule has 1 aliphatic rings. The Bertz CT molecular complexity index is 383. The second-order valence-electron chi connectivity index (χ2n) is 5.75. The molecule has 1 aliphatic carbocycles. The summed E-state index contributed by atoms with van der Waals surface area (Å²) in [4.78, 5) is 0. The van der Waals surface area contributed by atoms with Gasteiger partial charge in [-0.15, -0.1) is 0 Å². The smallest absolute Gasteiger partial charge is 0.118 e. The van der Waals surface area contributed by atoms with Crippen molar-refractivity contribution < 1.29 is 9.84 Å². The van der Waals surface area contributed by atoms with Gasteiger partial charge in [0.25, 0.3) is 0 Å². The van der Waals surface area contributed by atoms with E-state index >= 15 is 0 Å². The first-order chi connectivity index (χ1) is 8.58. The molecule has 0 saturated heterocycles. The van der Waals surface area contributed by atoms with E-state index in [1.807, 2.05) is 24.3 Å². The Morgan fingerprint density at radius 3 is 2.44 bits per heavy atom. The van der Waals surface area contributed by atoms with Crippen molar-refractivity contribution in [3.8, 4) is 5.75 Å². The average Bonchev–Trinajstić information content (AvgIpc) is 2.39. The van der Waals surface area contributed by atoms with Gasteiger partial charge in [0.05, 0.1) is 12.7 Å². The number of methoxy groups -OCH3 is 1. The number of hydrogen-bond donors (Lipinski definition) is 1. The van der Waals surface area contributed by atoms with Gasteiger partial charge in [0.15, 0.2) is 0 Å². The van der Waals surface area contributed by atoms with Gasteiger partial charge in [0.2, 0.25) is 0 Å². The lowest BCUT2D eigenvalue weighted by molar-refractivity contribution is -0.0721. The van der Waals surface area contributed by atoms with Crippen LogP contribution in [-0.2, 0) is 5.60 Å². The molecule has 0 radical (unpaired) electrons. The van der Waals surface area contributed by atoms with Crippen molar-refractivity contribution in [2.75, 3.05) is 7.11 Å². The van der Waals surface area contributed by atoms with Crippen molar-refractivity contribution in [1.29, 1.82) is 0 Å². The molecule has 2 unspecified atom stereocenters. The lowest BCUT2D eigenvalue weighted by Gasteiger charge is -2.42. The molecule has 1 N–H and O–H groups in total. The summed E-state index contributed by atoms with van der Waals surface area (Å²) >= 11 is 0. The summed E-state index contributed by atoms with van der Waals surface area (Å²) in [6.07, 6.45) is 4.36. The zero-order valence-electron chi connectivity index (χ0n) is 11.6. The maximum Gasteiger partial charge on any atom is 0.118 e. The fourth-order valence-corrected chi connectivity index (χ4v) is 3.31. The third-order valence-electron chi connectivity index (χ3n) is 4.33. The predicted octanol–water partition coefficient (Wildman–Crippen LogP) is 3.73. The van der Waals surface area contributed by atoms with Gasteiger partial charge >= 0.3 is 0 Å². The van der Waals surface area contributed by atoms with Gasteiger partial charge in [-0.2, -0.15) is 0 Å². The Morgan fingerprint density at radius 2 is 1.89 bits per heavy atom. The number of benzene rings is 1. The Kier molecular flexibility index (Phi) is 3.96. The maximum absolute atomic E-state index is 11.1. The highest BCUT2D eigenvalue weighted by atomic mass is 16.5. The molecule has 1 fully saturated rings. The molecule has 0 heterocycles. The number of hydrogen-bond acceptors (Lipinski definition) is 2. The summed E-state index contributed by atoms with van der Waals surface area (Å²) in [7, 11) is 1.67. The van der Waals surface area contributed by atoms with Crippen LogP contribution in [0.4, 0.5) is 0 Å². The molecule has 100 valence electrons. The van der Waals surface area contributed by atoms with Gasteiger partial charge in [0, 0.05) is 0 Å². The third-order valence-corrected chi connectivity index (χ3v) is 4.33. The Balaban J connectivity index is 2.31. The van der Waals surface area contributed by atoms with Gasteiger partial charge in [-0.05, 0) is 42.4 Å². The van der Waals surface area contributed by atoms with E-state index in [1.54, 1.807) is 7.11 Å². The first kappa shape index (κ1) is 13.4. The third kappa shape index (κ3) is 2.39. The minimum Gasteiger partial charge on any atom is -0.497 e. The minimum absolute atomic E-state index is 0.361. The second-order valence-corrected chi connectivity index (χ2v) is 5.75. The van der Waals surface area contributed by atoms with E-state index in [2.05, 4.69) is 13.8 Å². The fourth-order valence-electron chi connectivity index (χ4n) is 3.31. The molecule has 0 spiro atoms. The van der Waals surface area contributed by atoms with Crippen LogP contribution in [0.1, 0.15) is 45.1 Å². The molecule has 0 aromatic heterocycles. The molecule has 0 bridgehead atoms. The molecule has 1 saturated carbocycles. The molecule has 1 aromatic rings. The fraction of sp³-hybridized carbons (Fsp3) is 0.625. The van der Waals surface area contributed by atoms with Crippen molar-refractivity contribution in [3.63, 3.8) is 0 Å². The molecule has 2 atom stereocenters. The predicted molar refractivity (Wildman–Crippen MR) is 73.7 cm³/mol. The Labute approximate surface area is 110 Å². The lowest BCUT2D eigenvalue weighted by atomic mass is 9.67. The van der Waals surface area contributed by atoms with Crippen LogP contribution < -0.4 is 4.74 Å². The highest BCUT2D eigenvalue weighted by molar-refractivity contribution is 5.31. The van der Waals surface area contributed by atoms with E-state index in [-0.39, 0.29) is 0 Å². The quantitative estimate of drug-likeness (QED) is 0.883. The monoisotopic (exact) mass is 248 g/mol. The molecule has 0 amide bonds. The zero-order valence-corrected chi connectivity index (χ0v) is 11.6. The topological polar surface area (TPSA) is 29.5 Å². The second kappa shape index (κ2) is 5.31. The zero-order chi connectivity index (χ0) is 13.2. The summed E-state index contributed by atoms with van der Waals surface area (Å²) in [5.74, 6) is 1.72. The van der Waals surface area contributed by atoms with Crippen LogP contribution in [0.25, 0.3) is 0 Å². The summed E-state index contributed by atoms with van der Waals surface area (Å²) in [6, 6.07) is 7.91. The summed E-state index contributed by atoms with van der Waals surface area (Å²) in [6.45, 7) is 4.43. The Hall–Kier alpha value is -1.02. The molecule has 2 rings (SSSR count).